The lowest BCUT2D eigenvalue weighted by Gasteiger charge is -2.27. The Hall–Kier alpha value is -1.13. The summed E-state index contributed by atoms with van der Waals surface area (Å²) in [6.07, 6.45) is 1.56. The second-order valence-corrected chi connectivity index (χ2v) is 3.53. The number of nitrogens with one attached hydrogen (secondary N) is 2. The maximum atomic E-state index is 11.6. The fraction of sp³-hybridized carbons (Fsp3) is 0.333. The first-order valence-corrected chi connectivity index (χ1v) is 4.77. The van der Waals surface area contributed by atoms with E-state index in [0.29, 0.717) is 5.56 Å². The van der Waals surface area contributed by atoms with E-state index in [1.807, 2.05) is 0 Å². The lowest BCUT2D eigenvalue weighted by molar-refractivity contribution is 0.0923. The molecule has 0 aromatic carbocycles. The molecule has 2 heterocycles. The molecule has 0 aliphatic carbocycles. The van der Waals surface area contributed by atoms with Crippen LogP contribution in [0.2, 0.25) is 5.15 Å². The van der Waals surface area contributed by atoms with Gasteiger partial charge in [0.2, 0.25) is 0 Å². The summed E-state index contributed by atoms with van der Waals surface area (Å²) in [6.45, 7) is 1.65. The highest BCUT2D eigenvalue weighted by molar-refractivity contribution is 6.32. The van der Waals surface area contributed by atoms with Gasteiger partial charge in [0, 0.05) is 19.3 Å². The molecule has 74 valence electrons. The Bertz CT molecular complexity index is 352. The Labute approximate surface area is 86.7 Å². The van der Waals surface area contributed by atoms with Crippen molar-refractivity contribution in [3.05, 3.63) is 29.0 Å². The first-order valence-electron chi connectivity index (χ1n) is 4.39. The van der Waals surface area contributed by atoms with Gasteiger partial charge in [-0.2, -0.15) is 0 Å². The van der Waals surface area contributed by atoms with Crippen molar-refractivity contribution in [2.45, 2.75) is 6.04 Å². The highest BCUT2D eigenvalue weighted by Gasteiger charge is 2.20. The third-order valence-electron chi connectivity index (χ3n) is 2.12. The topological polar surface area (TPSA) is 54.0 Å². The summed E-state index contributed by atoms with van der Waals surface area (Å²) in [7, 11) is 0. The van der Waals surface area contributed by atoms with E-state index in [9.17, 15) is 4.79 Å². The lowest BCUT2D eigenvalue weighted by atomic mass is 10.1. The van der Waals surface area contributed by atoms with Gasteiger partial charge in [0.05, 0.1) is 11.6 Å². The molecule has 0 spiro atoms. The summed E-state index contributed by atoms with van der Waals surface area (Å²) >= 11 is 5.78. The number of amides is 1. The van der Waals surface area contributed by atoms with E-state index in [1.165, 1.54) is 0 Å². The Balaban J connectivity index is 2.06. The second-order valence-electron chi connectivity index (χ2n) is 3.17. The summed E-state index contributed by atoms with van der Waals surface area (Å²) in [6, 6.07) is 3.58. The van der Waals surface area contributed by atoms with Crippen molar-refractivity contribution < 1.29 is 4.79 Å². The van der Waals surface area contributed by atoms with Crippen LogP contribution < -0.4 is 10.6 Å². The van der Waals surface area contributed by atoms with Crippen molar-refractivity contribution in [1.82, 2.24) is 15.6 Å². The second kappa shape index (κ2) is 3.94. The standard InChI is InChI=1S/C9H10ClN3O/c10-8-7(2-1-3-12-8)9(14)13-6-4-11-5-6/h1-3,6,11H,4-5H2,(H,13,14). The van der Waals surface area contributed by atoms with E-state index in [0.717, 1.165) is 13.1 Å². The Kier molecular flexibility index (Phi) is 2.65. The van der Waals surface area contributed by atoms with Crippen molar-refractivity contribution in [1.29, 1.82) is 0 Å². The molecule has 5 heteroatoms. The molecular weight excluding hydrogens is 202 g/mol. The van der Waals surface area contributed by atoms with Crippen LogP contribution in [0.4, 0.5) is 0 Å². The third-order valence-corrected chi connectivity index (χ3v) is 2.42. The molecule has 0 unspecified atom stereocenters. The predicted molar refractivity (Wildman–Crippen MR) is 53.4 cm³/mol. The Morgan fingerprint density at radius 2 is 2.43 bits per heavy atom. The lowest BCUT2D eigenvalue weighted by Crippen LogP contribution is -2.56. The van der Waals surface area contributed by atoms with Gasteiger partial charge in [-0.3, -0.25) is 4.79 Å². The van der Waals surface area contributed by atoms with Crippen LogP contribution in [0.3, 0.4) is 0 Å². The van der Waals surface area contributed by atoms with Gasteiger partial charge in [0.1, 0.15) is 5.15 Å². The van der Waals surface area contributed by atoms with Gasteiger partial charge in [0.25, 0.3) is 5.91 Å². The van der Waals surface area contributed by atoms with E-state index in [1.54, 1.807) is 18.3 Å². The molecule has 1 fully saturated rings. The van der Waals surface area contributed by atoms with Gasteiger partial charge in [0.15, 0.2) is 0 Å². The maximum Gasteiger partial charge on any atom is 0.254 e. The van der Waals surface area contributed by atoms with Gasteiger partial charge in [-0.1, -0.05) is 11.6 Å². The zero-order valence-corrected chi connectivity index (χ0v) is 8.21. The number of carbonyl (C=O) groups is 1. The average molecular weight is 212 g/mol. The molecule has 1 saturated heterocycles. The van der Waals surface area contributed by atoms with Crippen molar-refractivity contribution in [2.75, 3.05) is 13.1 Å². The summed E-state index contributed by atoms with van der Waals surface area (Å²) in [5.41, 5.74) is 0.432. The van der Waals surface area contributed by atoms with Crippen LogP contribution in [0.1, 0.15) is 10.4 Å². The fourth-order valence-corrected chi connectivity index (χ4v) is 1.41. The minimum Gasteiger partial charge on any atom is -0.347 e. The van der Waals surface area contributed by atoms with Crippen LogP contribution in [0.15, 0.2) is 18.3 Å². The van der Waals surface area contributed by atoms with Crippen LogP contribution in [-0.4, -0.2) is 30.0 Å². The van der Waals surface area contributed by atoms with E-state index in [-0.39, 0.29) is 17.1 Å². The van der Waals surface area contributed by atoms with Gasteiger partial charge in [-0.25, -0.2) is 4.98 Å². The molecule has 1 aromatic rings. The molecule has 0 radical (unpaired) electrons. The zero-order chi connectivity index (χ0) is 9.97. The maximum absolute atomic E-state index is 11.6. The molecule has 1 aliphatic heterocycles. The predicted octanol–water partition coefficient (Wildman–Crippen LogP) is 0.437. The molecular formula is C9H10ClN3O. The highest BCUT2D eigenvalue weighted by atomic mass is 35.5. The van der Waals surface area contributed by atoms with E-state index < -0.39 is 0 Å². The monoisotopic (exact) mass is 211 g/mol. The van der Waals surface area contributed by atoms with Crippen molar-refractivity contribution in [3.63, 3.8) is 0 Å². The van der Waals surface area contributed by atoms with E-state index in [4.69, 9.17) is 11.6 Å². The first-order chi connectivity index (χ1) is 6.77. The minimum atomic E-state index is -0.158. The molecule has 2 rings (SSSR count). The summed E-state index contributed by atoms with van der Waals surface area (Å²) < 4.78 is 0. The highest BCUT2D eigenvalue weighted by Crippen LogP contribution is 2.11. The largest absolute Gasteiger partial charge is 0.347 e. The molecule has 0 bridgehead atoms. The quantitative estimate of drug-likeness (QED) is 0.698. The molecule has 0 atom stereocenters. The summed E-state index contributed by atoms with van der Waals surface area (Å²) in [5.74, 6) is -0.158. The number of nitrogens with zero attached hydrogens (tertiary/aromatic N) is 1. The number of pyridine rings is 1. The number of hydrogen-bond acceptors (Lipinski definition) is 3. The van der Waals surface area contributed by atoms with Gasteiger partial charge < -0.3 is 10.6 Å². The van der Waals surface area contributed by atoms with Crippen LogP contribution >= 0.6 is 11.6 Å². The molecule has 4 nitrogen and oxygen atoms in total. The SMILES string of the molecule is O=C(NC1CNC1)c1cccnc1Cl. The van der Waals surface area contributed by atoms with E-state index >= 15 is 0 Å². The van der Waals surface area contributed by atoms with Gasteiger partial charge >= 0.3 is 0 Å². The molecule has 2 N–H and O–H groups in total. The van der Waals surface area contributed by atoms with Crippen LogP contribution in [0.5, 0.6) is 0 Å². The first kappa shape index (κ1) is 9.43. The van der Waals surface area contributed by atoms with Crippen LogP contribution in [0, 0.1) is 0 Å². The molecule has 0 saturated carbocycles. The van der Waals surface area contributed by atoms with Crippen LogP contribution in [-0.2, 0) is 0 Å². The summed E-state index contributed by atoms with van der Waals surface area (Å²) in [5, 5.41) is 6.16. The van der Waals surface area contributed by atoms with Crippen LogP contribution in [0.25, 0.3) is 0 Å². The number of carbonyl (C=O) groups excluding carboxylic acids is 1. The number of halogens is 1. The number of hydrogen-bond donors (Lipinski definition) is 2. The molecule has 14 heavy (non-hydrogen) atoms. The zero-order valence-electron chi connectivity index (χ0n) is 7.46. The van der Waals surface area contributed by atoms with E-state index in [2.05, 4.69) is 15.6 Å². The van der Waals surface area contributed by atoms with Gasteiger partial charge in [-0.05, 0) is 12.1 Å². The van der Waals surface area contributed by atoms with Crippen molar-refractivity contribution in [3.8, 4) is 0 Å². The normalized spacial score (nSPS) is 16.1. The van der Waals surface area contributed by atoms with Crippen molar-refractivity contribution >= 4 is 17.5 Å². The Morgan fingerprint density at radius 1 is 1.64 bits per heavy atom. The van der Waals surface area contributed by atoms with Crippen molar-refractivity contribution in [2.24, 2.45) is 0 Å². The summed E-state index contributed by atoms with van der Waals surface area (Å²) in [4.78, 5) is 15.4. The number of rotatable bonds is 2. The Morgan fingerprint density at radius 3 is 3.00 bits per heavy atom. The number of aromatic nitrogens is 1. The smallest absolute Gasteiger partial charge is 0.254 e. The molecule has 1 amide bonds. The van der Waals surface area contributed by atoms with Gasteiger partial charge in [-0.15, -0.1) is 0 Å². The molecule has 1 aliphatic rings. The average Bonchev–Trinajstić information content (AvgIpc) is 2.12. The minimum absolute atomic E-state index is 0.158. The fourth-order valence-electron chi connectivity index (χ4n) is 1.21. The third kappa shape index (κ3) is 1.86. The molecule has 1 aromatic heterocycles.